The fraction of sp³-hybridized carbons (Fsp3) is 0.0833. The van der Waals surface area contributed by atoms with Crippen LogP contribution in [0.15, 0.2) is 35.7 Å². The molecular formula is C12H8N2O2S2. The maximum absolute atomic E-state index is 11.6. The lowest BCUT2D eigenvalue weighted by molar-refractivity contribution is 0.0467. The van der Waals surface area contributed by atoms with Gasteiger partial charge in [0.25, 0.3) is 0 Å². The fourth-order valence-corrected chi connectivity index (χ4v) is 2.88. The standard InChI is InChI=1S/C12H8N2O2S2/c15-12(9-5-6-17-14-9)16-7-11-13-8-3-1-2-4-10(8)18-11/h1-6H,7H2. The van der Waals surface area contributed by atoms with Crippen LogP contribution < -0.4 is 0 Å². The Balaban J connectivity index is 1.71. The van der Waals surface area contributed by atoms with E-state index in [9.17, 15) is 4.79 Å². The Morgan fingerprint density at radius 3 is 2.94 bits per heavy atom. The molecule has 0 radical (unpaired) electrons. The minimum absolute atomic E-state index is 0.190. The van der Waals surface area contributed by atoms with Crippen molar-refractivity contribution in [2.75, 3.05) is 0 Å². The summed E-state index contributed by atoms with van der Waals surface area (Å²) in [5.74, 6) is -0.407. The smallest absolute Gasteiger partial charge is 0.358 e. The van der Waals surface area contributed by atoms with E-state index in [1.165, 1.54) is 22.9 Å². The van der Waals surface area contributed by atoms with E-state index >= 15 is 0 Å². The molecule has 1 aromatic carbocycles. The number of thiazole rings is 1. The monoisotopic (exact) mass is 276 g/mol. The summed E-state index contributed by atoms with van der Waals surface area (Å²) in [6, 6.07) is 9.49. The molecule has 0 aliphatic carbocycles. The Bertz CT molecular complexity index is 643. The lowest BCUT2D eigenvalue weighted by Gasteiger charge is -1.98. The third kappa shape index (κ3) is 2.25. The summed E-state index contributed by atoms with van der Waals surface area (Å²) in [6.45, 7) is 0.190. The zero-order valence-electron chi connectivity index (χ0n) is 9.20. The van der Waals surface area contributed by atoms with Crippen molar-refractivity contribution in [1.82, 2.24) is 9.36 Å². The highest BCUT2D eigenvalue weighted by Crippen LogP contribution is 2.22. The minimum atomic E-state index is -0.407. The molecule has 0 aliphatic heterocycles. The van der Waals surface area contributed by atoms with Crippen LogP contribution in [0, 0.1) is 0 Å². The SMILES string of the molecule is O=C(OCc1nc2ccccc2s1)c1ccsn1. The number of ether oxygens (including phenoxy) is 1. The molecule has 2 heterocycles. The molecule has 6 heteroatoms. The second kappa shape index (κ2) is 4.83. The van der Waals surface area contributed by atoms with E-state index < -0.39 is 5.97 Å². The molecular weight excluding hydrogens is 268 g/mol. The minimum Gasteiger partial charge on any atom is -0.454 e. The highest BCUT2D eigenvalue weighted by Gasteiger charge is 2.11. The summed E-state index contributed by atoms with van der Waals surface area (Å²) < 4.78 is 10.2. The van der Waals surface area contributed by atoms with E-state index in [-0.39, 0.29) is 6.61 Å². The first kappa shape index (κ1) is 11.3. The van der Waals surface area contributed by atoms with Crippen LogP contribution in [0.1, 0.15) is 15.5 Å². The summed E-state index contributed by atoms with van der Waals surface area (Å²) in [5.41, 5.74) is 1.28. The molecule has 0 N–H and O–H groups in total. The third-order valence-corrected chi connectivity index (χ3v) is 3.88. The molecule has 90 valence electrons. The maximum atomic E-state index is 11.6. The Kier molecular flexibility index (Phi) is 3.04. The number of hydrogen-bond acceptors (Lipinski definition) is 6. The van der Waals surface area contributed by atoms with E-state index in [0.717, 1.165) is 15.2 Å². The number of nitrogens with zero attached hydrogens (tertiary/aromatic N) is 2. The number of hydrogen-bond donors (Lipinski definition) is 0. The van der Waals surface area contributed by atoms with E-state index in [1.807, 2.05) is 24.3 Å². The van der Waals surface area contributed by atoms with Crippen molar-refractivity contribution < 1.29 is 9.53 Å². The molecule has 0 amide bonds. The normalized spacial score (nSPS) is 10.7. The van der Waals surface area contributed by atoms with Crippen molar-refractivity contribution in [1.29, 1.82) is 0 Å². The second-order valence-electron chi connectivity index (χ2n) is 3.54. The average Bonchev–Trinajstić information content (AvgIpc) is 3.04. The first-order valence-electron chi connectivity index (χ1n) is 5.25. The van der Waals surface area contributed by atoms with Gasteiger partial charge in [-0.25, -0.2) is 9.78 Å². The van der Waals surface area contributed by atoms with Gasteiger partial charge in [0.05, 0.1) is 10.2 Å². The Hall–Kier alpha value is -1.79. The van der Waals surface area contributed by atoms with Gasteiger partial charge in [0, 0.05) is 5.38 Å². The first-order chi connectivity index (χ1) is 8.83. The highest BCUT2D eigenvalue weighted by atomic mass is 32.1. The molecule has 2 aromatic heterocycles. The zero-order valence-corrected chi connectivity index (χ0v) is 10.8. The van der Waals surface area contributed by atoms with Gasteiger partial charge in [-0.3, -0.25) is 0 Å². The van der Waals surface area contributed by atoms with Gasteiger partial charge in [0.1, 0.15) is 11.6 Å². The van der Waals surface area contributed by atoms with Crippen LogP contribution in [-0.2, 0) is 11.3 Å². The summed E-state index contributed by atoms with van der Waals surface area (Å²) in [6.07, 6.45) is 0. The van der Waals surface area contributed by atoms with Gasteiger partial charge < -0.3 is 4.74 Å². The van der Waals surface area contributed by atoms with Gasteiger partial charge in [-0.1, -0.05) is 12.1 Å². The molecule has 0 spiro atoms. The Morgan fingerprint density at radius 1 is 1.28 bits per heavy atom. The molecule has 0 fully saturated rings. The maximum Gasteiger partial charge on any atom is 0.358 e. The highest BCUT2D eigenvalue weighted by molar-refractivity contribution is 7.18. The lowest BCUT2D eigenvalue weighted by atomic mass is 10.3. The van der Waals surface area contributed by atoms with E-state index in [2.05, 4.69) is 9.36 Å². The molecule has 4 nitrogen and oxygen atoms in total. The molecule has 3 aromatic rings. The van der Waals surface area contributed by atoms with Gasteiger partial charge >= 0.3 is 5.97 Å². The van der Waals surface area contributed by atoms with Crippen LogP contribution in [0.3, 0.4) is 0 Å². The van der Waals surface area contributed by atoms with Crippen LogP contribution in [0.5, 0.6) is 0 Å². The second-order valence-corrected chi connectivity index (χ2v) is 5.32. The number of benzene rings is 1. The summed E-state index contributed by atoms with van der Waals surface area (Å²) >= 11 is 2.76. The third-order valence-electron chi connectivity index (χ3n) is 2.31. The van der Waals surface area contributed by atoms with Crippen molar-refractivity contribution in [3.8, 4) is 0 Å². The van der Waals surface area contributed by atoms with Crippen molar-refractivity contribution in [3.05, 3.63) is 46.4 Å². The quantitative estimate of drug-likeness (QED) is 0.690. The molecule has 0 aliphatic rings. The van der Waals surface area contributed by atoms with Crippen molar-refractivity contribution in [2.24, 2.45) is 0 Å². The van der Waals surface area contributed by atoms with E-state index in [1.54, 1.807) is 11.4 Å². The van der Waals surface area contributed by atoms with Crippen LogP contribution in [0.2, 0.25) is 0 Å². The van der Waals surface area contributed by atoms with Gasteiger partial charge in [-0.05, 0) is 29.7 Å². The number of carbonyl (C=O) groups excluding carboxylic acids is 1. The summed E-state index contributed by atoms with van der Waals surface area (Å²) in [5, 5.41) is 2.54. The number of aromatic nitrogens is 2. The number of rotatable bonds is 3. The largest absolute Gasteiger partial charge is 0.454 e. The van der Waals surface area contributed by atoms with Crippen molar-refractivity contribution >= 4 is 39.1 Å². The van der Waals surface area contributed by atoms with Crippen LogP contribution in [0.4, 0.5) is 0 Å². The zero-order chi connectivity index (χ0) is 12.4. The van der Waals surface area contributed by atoms with E-state index in [4.69, 9.17) is 4.74 Å². The first-order valence-corrected chi connectivity index (χ1v) is 6.90. The topological polar surface area (TPSA) is 52.1 Å². The molecule has 0 unspecified atom stereocenters. The van der Waals surface area contributed by atoms with Crippen molar-refractivity contribution in [3.63, 3.8) is 0 Å². The fourth-order valence-electron chi connectivity index (χ4n) is 1.50. The van der Waals surface area contributed by atoms with Crippen molar-refractivity contribution in [2.45, 2.75) is 6.61 Å². The predicted octanol–water partition coefficient (Wildman–Crippen LogP) is 3.11. The van der Waals surface area contributed by atoms with Gasteiger partial charge in [-0.15, -0.1) is 11.3 Å². The Morgan fingerprint density at radius 2 is 2.17 bits per heavy atom. The Labute approximate surface area is 111 Å². The summed E-state index contributed by atoms with van der Waals surface area (Å²) in [7, 11) is 0. The predicted molar refractivity (Wildman–Crippen MR) is 70.9 cm³/mol. The van der Waals surface area contributed by atoms with Crippen LogP contribution in [0.25, 0.3) is 10.2 Å². The van der Waals surface area contributed by atoms with Gasteiger partial charge in [0.2, 0.25) is 0 Å². The van der Waals surface area contributed by atoms with Gasteiger partial charge in [-0.2, -0.15) is 4.37 Å². The molecule has 18 heavy (non-hydrogen) atoms. The molecule has 0 atom stereocenters. The summed E-state index contributed by atoms with van der Waals surface area (Å²) in [4.78, 5) is 16.0. The molecule has 0 bridgehead atoms. The number of para-hydroxylation sites is 1. The van der Waals surface area contributed by atoms with E-state index in [0.29, 0.717) is 5.69 Å². The molecule has 0 saturated heterocycles. The average molecular weight is 276 g/mol. The number of esters is 1. The van der Waals surface area contributed by atoms with Crippen LogP contribution in [-0.4, -0.2) is 15.3 Å². The number of fused-ring (bicyclic) bond motifs is 1. The molecule has 3 rings (SSSR count). The van der Waals surface area contributed by atoms with Crippen LogP contribution >= 0.6 is 22.9 Å². The molecule has 0 saturated carbocycles. The number of carbonyl (C=O) groups is 1. The van der Waals surface area contributed by atoms with Gasteiger partial charge in [0.15, 0.2) is 5.69 Å². The lowest BCUT2D eigenvalue weighted by Crippen LogP contribution is -2.04.